The molecular weight excluding hydrogens is 332 g/mol. The number of nitrogens with zero attached hydrogens (tertiary/aromatic N) is 1. The van der Waals surface area contributed by atoms with Crippen LogP contribution in [0.4, 0.5) is 10.5 Å². The van der Waals surface area contributed by atoms with E-state index in [1.807, 2.05) is 13.8 Å². The van der Waals surface area contributed by atoms with Gasteiger partial charge in [-0.05, 0) is 76.3 Å². The molecular formula is C20H30N2O4. The number of benzene rings is 1. The zero-order valence-electron chi connectivity index (χ0n) is 16.4. The summed E-state index contributed by atoms with van der Waals surface area (Å²) >= 11 is 0. The minimum atomic E-state index is -1.07. The predicted octanol–water partition coefficient (Wildman–Crippen LogP) is 3.42. The molecule has 1 unspecified atom stereocenters. The van der Waals surface area contributed by atoms with Crippen molar-refractivity contribution in [1.82, 2.24) is 5.32 Å². The number of hydrogen-bond acceptors (Lipinski definition) is 4. The highest BCUT2D eigenvalue weighted by molar-refractivity contribution is 5.80. The number of carboxylic acid groups (broad SMARTS) is 1. The normalized spacial score (nSPS) is 15.7. The number of ether oxygens (including phenoxy) is 1. The van der Waals surface area contributed by atoms with Crippen LogP contribution in [0.25, 0.3) is 0 Å². The first-order valence-electron chi connectivity index (χ1n) is 9.14. The Kier molecular flexibility index (Phi) is 6.16. The lowest BCUT2D eigenvalue weighted by molar-refractivity contribution is -0.139. The summed E-state index contributed by atoms with van der Waals surface area (Å²) in [7, 11) is 0. The fourth-order valence-electron chi connectivity index (χ4n) is 3.30. The number of hydrogen-bond donors (Lipinski definition) is 2. The fourth-order valence-corrected chi connectivity index (χ4v) is 3.30. The van der Waals surface area contributed by atoms with Gasteiger partial charge in [0.25, 0.3) is 0 Å². The standard InChI is InChI=1S/C20H30N2O4/c1-13-10-15(22-8-6-7-9-22)11-14(2)16(13)12-17(18(23)24)21-19(25)26-20(3,4)5/h10-11,17H,6-9,12H2,1-5H3,(H,21,25)(H,23,24). The zero-order chi connectivity index (χ0) is 19.5. The van der Waals surface area contributed by atoms with Gasteiger partial charge in [0.15, 0.2) is 0 Å². The summed E-state index contributed by atoms with van der Waals surface area (Å²) in [5.74, 6) is -1.07. The molecule has 0 aromatic heterocycles. The van der Waals surface area contributed by atoms with Crippen LogP contribution in [0, 0.1) is 13.8 Å². The summed E-state index contributed by atoms with van der Waals surface area (Å²) in [5, 5.41) is 12.0. The molecule has 6 nitrogen and oxygen atoms in total. The Hall–Kier alpha value is -2.24. The van der Waals surface area contributed by atoms with Crippen LogP contribution >= 0.6 is 0 Å². The number of aliphatic carboxylic acids is 1. The molecule has 6 heteroatoms. The van der Waals surface area contributed by atoms with Crippen LogP contribution in [-0.4, -0.2) is 41.9 Å². The van der Waals surface area contributed by atoms with Gasteiger partial charge in [0.1, 0.15) is 11.6 Å². The third-order valence-electron chi connectivity index (χ3n) is 4.55. The van der Waals surface area contributed by atoms with Gasteiger partial charge in [-0.1, -0.05) is 0 Å². The fraction of sp³-hybridized carbons (Fsp3) is 0.600. The van der Waals surface area contributed by atoms with Crippen LogP contribution in [0.5, 0.6) is 0 Å². The van der Waals surface area contributed by atoms with E-state index in [1.54, 1.807) is 20.8 Å². The Morgan fingerprint density at radius 3 is 2.19 bits per heavy atom. The third kappa shape index (κ3) is 5.38. The van der Waals surface area contributed by atoms with Crippen LogP contribution in [0.15, 0.2) is 12.1 Å². The lowest BCUT2D eigenvalue weighted by Gasteiger charge is -2.24. The molecule has 2 rings (SSSR count). The van der Waals surface area contributed by atoms with Gasteiger partial charge < -0.3 is 20.1 Å². The molecule has 1 aromatic carbocycles. The lowest BCUT2D eigenvalue weighted by atomic mass is 9.95. The molecule has 0 radical (unpaired) electrons. The average molecular weight is 362 g/mol. The van der Waals surface area contributed by atoms with Crippen LogP contribution in [0.1, 0.15) is 50.3 Å². The van der Waals surface area contributed by atoms with Gasteiger partial charge >= 0.3 is 12.1 Å². The van der Waals surface area contributed by atoms with Crippen molar-refractivity contribution in [1.29, 1.82) is 0 Å². The molecule has 26 heavy (non-hydrogen) atoms. The lowest BCUT2D eigenvalue weighted by Crippen LogP contribution is -2.44. The van der Waals surface area contributed by atoms with Crippen LogP contribution in [0.2, 0.25) is 0 Å². The Morgan fingerprint density at radius 1 is 1.19 bits per heavy atom. The molecule has 1 atom stereocenters. The molecule has 1 aliphatic rings. The molecule has 0 bridgehead atoms. The summed E-state index contributed by atoms with van der Waals surface area (Å²) in [6.07, 6.45) is 1.93. The van der Waals surface area contributed by atoms with E-state index in [-0.39, 0.29) is 6.42 Å². The molecule has 2 N–H and O–H groups in total. The molecule has 0 aliphatic carbocycles. The summed E-state index contributed by atoms with van der Waals surface area (Å²) < 4.78 is 5.18. The maximum atomic E-state index is 12.0. The first kappa shape index (κ1) is 20.1. The van der Waals surface area contributed by atoms with Gasteiger partial charge in [-0.25, -0.2) is 9.59 Å². The van der Waals surface area contributed by atoms with Crippen LogP contribution < -0.4 is 10.2 Å². The molecule has 1 amide bonds. The van der Waals surface area contributed by atoms with E-state index in [0.717, 1.165) is 29.8 Å². The van der Waals surface area contributed by atoms with Crippen molar-refractivity contribution in [2.45, 2.75) is 65.5 Å². The van der Waals surface area contributed by atoms with Gasteiger partial charge in [-0.15, -0.1) is 0 Å². The SMILES string of the molecule is Cc1cc(N2CCCC2)cc(C)c1CC(NC(=O)OC(C)(C)C)C(=O)O. The monoisotopic (exact) mass is 362 g/mol. The van der Waals surface area contributed by atoms with Gasteiger partial charge in [-0.3, -0.25) is 0 Å². The molecule has 144 valence electrons. The van der Waals surface area contributed by atoms with E-state index < -0.39 is 23.7 Å². The number of aryl methyl sites for hydroxylation is 2. The zero-order valence-corrected chi connectivity index (χ0v) is 16.4. The van der Waals surface area contributed by atoms with Crippen molar-refractivity contribution >= 4 is 17.7 Å². The van der Waals surface area contributed by atoms with Crippen molar-refractivity contribution in [2.24, 2.45) is 0 Å². The number of rotatable bonds is 5. The number of carboxylic acids is 1. The summed E-state index contributed by atoms with van der Waals surface area (Å²) in [6, 6.07) is 3.19. The second-order valence-corrected chi connectivity index (χ2v) is 7.99. The quantitative estimate of drug-likeness (QED) is 0.839. The number of carbonyl (C=O) groups is 2. The van der Waals surface area contributed by atoms with Crippen LogP contribution in [-0.2, 0) is 16.0 Å². The molecule has 1 aliphatic heterocycles. The molecule has 0 spiro atoms. The minimum absolute atomic E-state index is 0.229. The Bertz CT molecular complexity index is 650. The van der Waals surface area contributed by atoms with E-state index >= 15 is 0 Å². The molecule has 1 aromatic rings. The number of nitrogens with one attached hydrogen (secondary N) is 1. The highest BCUT2D eigenvalue weighted by atomic mass is 16.6. The van der Waals surface area contributed by atoms with Crippen molar-refractivity contribution < 1.29 is 19.4 Å². The van der Waals surface area contributed by atoms with E-state index in [1.165, 1.54) is 18.5 Å². The van der Waals surface area contributed by atoms with Gasteiger partial charge in [0, 0.05) is 25.2 Å². The first-order valence-corrected chi connectivity index (χ1v) is 9.14. The van der Waals surface area contributed by atoms with Gasteiger partial charge in [-0.2, -0.15) is 0 Å². The van der Waals surface area contributed by atoms with Crippen molar-refractivity contribution in [3.05, 3.63) is 28.8 Å². The topological polar surface area (TPSA) is 78.9 Å². The maximum absolute atomic E-state index is 12.0. The van der Waals surface area contributed by atoms with Crippen molar-refractivity contribution in [3.8, 4) is 0 Å². The predicted molar refractivity (Wildman–Crippen MR) is 102 cm³/mol. The van der Waals surface area contributed by atoms with Crippen molar-refractivity contribution in [3.63, 3.8) is 0 Å². The summed E-state index contributed by atoms with van der Waals surface area (Å²) in [6.45, 7) is 11.4. The molecule has 1 fully saturated rings. The number of alkyl carbamates (subject to hydrolysis) is 1. The van der Waals surface area contributed by atoms with Gasteiger partial charge in [0.05, 0.1) is 0 Å². The smallest absolute Gasteiger partial charge is 0.408 e. The Labute approximate surface area is 155 Å². The van der Waals surface area contributed by atoms with Gasteiger partial charge in [0.2, 0.25) is 0 Å². The molecule has 1 saturated heterocycles. The Balaban J connectivity index is 2.15. The number of carbonyl (C=O) groups excluding carboxylic acids is 1. The minimum Gasteiger partial charge on any atom is -0.480 e. The average Bonchev–Trinajstić information content (AvgIpc) is 3.01. The first-order chi connectivity index (χ1) is 12.1. The third-order valence-corrected chi connectivity index (χ3v) is 4.55. The number of anilines is 1. The summed E-state index contributed by atoms with van der Waals surface area (Å²) in [4.78, 5) is 25.9. The largest absolute Gasteiger partial charge is 0.480 e. The van der Waals surface area contributed by atoms with Crippen molar-refractivity contribution in [2.75, 3.05) is 18.0 Å². The molecule has 0 saturated carbocycles. The second-order valence-electron chi connectivity index (χ2n) is 7.99. The van der Waals surface area contributed by atoms with E-state index in [0.29, 0.717) is 0 Å². The second kappa shape index (κ2) is 7.98. The van der Waals surface area contributed by atoms with E-state index in [2.05, 4.69) is 22.3 Å². The Morgan fingerprint density at radius 2 is 1.73 bits per heavy atom. The highest BCUT2D eigenvalue weighted by Crippen LogP contribution is 2.27. The maximum Gasteiger partial charge on any atom is 0.408 e. The molecule has 1 heterocycles. The van der Waals surface area contributed by atoms with E-state index in [9.17, 15) is 14.7 Å². The highest BCUT2D eigenvalue weighted by Gasteiger charge is 2.25. The number of amides is 1. The van der Waals surface area contributed by atoms with E-state index in [4.69, 9.17) is 4.74 Å². The summed E-state index contributed by atoms with van der Waals surface area (Å²) in [5.41, 5.74) is 3.56. The van der Waals surface area contributed by atoms with Crippen LogP contribution in [0.3, 0.4) is 0 Å².